The number of aryl methyl sites for hydroxylation is 1. The summed E-state index contributed by atoms with van der Waals surface area (Å²) in [6.07, 6.45) is 4.95. The first-order valence-electron chi connectivity index (χ1n) is 6.69. The highest BCUT2D eigenvalue weighted by atomic mass is 32.1. The van der Waals surface area contributed by atoms with Gasteiger partial charge in [-0.15, -0.1) is 11.3 Å². The summed E-state index contributed by atoms with van der Waals surface area (Å²) in [6.45, 7) is 3.06. The quantitative estimate of drug-likeness (QED) is 0.823. The highest BCUT2D eigenvalue weighted by Gasteiger charge is 2.12. The van der Waals surface area contributed by atoms with E-state index < -0.39 is 0 Å². The summed E-state index contributed by atoms with van der Waals surface area (Å²) in [7, 11) is 0. The van der Waals surface area contributed by atoms with Gasteiger partial charge in [-0.2, -0.15) is 0 Å². The molecule has 0 saturated carbocycles. The molecule has 1 atom stereocenters. The van der Waals surface area contributed by atoms with Crippen LogP contribution in [0.2, 0.25) is 0 Å². The lowest BCUT2D eigenvalue weighted by Crippen LogP contribution is -2.33. The van der Waals surface area contributed by atoms with Crippen LogP contribution in [0.15, 0.2) is 10.9 Å². The van der Waals surface area contributed by atoms with Crippen LogP contribution in [-0.4, -0.2) is 30.5 Å². The lowest BCUT2D eigenvalue weighted by Gasteiger charge is -2.22. The van der Waals surface area contributed by atoms with Crippen LogP contribution in [-0.2, 0) is 11.2 Å². The number of carbonyl (C=O) groups is 1. The molecule has 18 heavy (non-hydrogen) atoms. The maximum Gasteiger partial charge on any atom is 0.220 e. The summed E-state index contributed by atoms with van der Waals surface area (Å²) in [5.41, 5.74) is 2.83. The number of nitrogens with one attached hydrogen (secondary N) is 2. The molecule has 5 heteroatoms. The molecule has 2 heterocycles. The zero-order valence-corrected chi connectivity index (χ0v) is 11.5. The van der Waals surface area contributed by atoms with Gasteiger partial charge >= 0.3 is 0 Å². The molecule has 1 aromatic heterocycles. The van der Waals surface area contributed by atoms with Crippen molar-refractivity contribution < 1.29 is 4.79 Å². The van der Waals surface area contributed by atoms with Crippen molar-refractivity contribution in [2.24, 2.45) is 5.92 Å². The van der Waals surface area contributed by atoms with Gasteiger partial charge < -0.3 is 10.6 Å². The van der Waals surface area contributed by atoms with Crippen LogP contribution in [0.4, 0.5) is 0 Å². The third-order valence-electron chi connectivity index (χ3n) is 3.37. The van der Waals surface area contributed by atoms with E-state index in [0.29, 0.717) is 6.42 Å². The Labute approximate surface area is 112 Å². The second-order valence-electron chi connectivity index (χ2n) is 4.83. The van der Waals surface area contributed by atoms with Crippen molar-refractivity contribution in [1.82, 2.24) is 15.6 Å². The Morgan fingerprint density at radius 2 is 2.56 bits per heavy atom. The Kier molecular flexibility index (Phi) is 5.61. The van der Waals surface area contributed by atoms with Gasteiger partial charge in [0.2, 0.25) is 5.91 Å². The minimum Gasteiger partial charge on any atom is -0.356 e. The van der Waals surface area contributed by atoms with E-state index in [1.807, 2.05) is 10.9 Å². The zero-order chi connectivity index (χ0) is 12.6. The molecule has 2 N–H and O–H groups in total. The first-order chi connectivity index (χ1) is 8.84. The summed E-state index contributed by atoms with van der Waals surface area (Å²) >= 11 is 1.58. The predicted octanol–water partition coefficient (Wildman–Crippen LogP) is 1.58. The van der Waals surface area contributed by atoms with Crippen LogP contribution in [0, 0.1) is 5.92 Å². The summed E-state index contributed by atoms with van der Waals surface area (Å²) < 4.78 is 0. The molecule has 1 unspecified atom stereocenters. The van der Waals surface area contributed by atoms with Gasteiger partial charge in [0.1, 0.15) is 0 Å². The van der Waals surface area contributed by atoms with Gasteiger partial charge in [-0.3, -0.25) is 4.79 Å². The van der Waals surface area contributed by atoms with Crippen LogP contribution in [0.25, 0.3) is 0 Å². The molecular formula is C13H21N3OS. The van der Waals surface area contributed by atoms with E-state index in [-0.39, 0.29) is 5.91 Å². The van der Waals surface area contributed by atoms with Crippen molar-refractivity contribution in [3.8, 4) is 0 Å². The highest BCUT2D eigenvalue weighted by Crippen LogP contribution is 2.12. The monoisotopic (exact) mass is 267 g/mol. The standard InChI is InChI=1S/C13H21N3OS/c17-13(4-3-12-9-18-10-16-12)15-7-5-11-2-1-6-14-8-11/h9-11,14H,1-8H2,(H,15,17). The number of nitrogens with zero attached hydrogens (tertiary/aromatic N) is 1. The molecule has 1 aliphatic rings. The Bertz CT molecular complexity index is 347. The normalized spacial score (nSPS) is 19.7. The van der Waals surface area contributed by atoms with Gasteiger partial charge in [-0.25, -0.2) is 4.98 Å². The molecular weight excluding hydrogens is 246 g/mol. The van der Waals surface area contributed by atoms with Crippen molar-refractivity contribution in [3.05, 3.63) is 16.6 Å². The number of carbonyl (C=O) groups excluding carboxylic acids is 1. The Morgan fingerprint density at radius 1 is 1.61 bits per heavy atom. The van der Waals surface area contributed by atoms with E-state index >= 15 is 0 Å². The number of hydrogen-bond acceptors (Lipinski definition) is 4. The average molecular weight is 267 g/mol. The molecule has 0 aromatic carbocycles. The van der Waals surface area contributed by atoms with Crippen molar-refractivity contribution in [2.45, 2.75) is 32.1 Å². The minimum atomic E-state index is 0.145. The zero-order valence-electron chi connectivity index (χ0n) is 10.7. The van der Waals surface area contributed by atoms with Gasteiger partial charge in [0, 0.05) is 18.3 Å². The number of amides is 1. The fourth-order valence-electron chi connectivity index (χ4n) is 2.28. The lowest BCUT2D eigenvalue weighted by molar-refractivity contribution is -0.121. The third-order valence-corrected chi connectivity index (χ3v) is 4.00. The topological polar surface area (TPSA) is 54.0 Å². The van der Waals surface area contributed by atoms with E-state index in [1.54, 1.807) is 11.3 Å². The number of aromatic nitrogens is 1. The molecule has 4 nitrogen and oxygen atoms in total. The maximum atomic E-state index is 11.6. The third kappa shape index (κ3) is 4.74. The number of hydrogen-bond donors (Lipinski definition) is 2. The maximum absolute atomic E-state index is 11.6. The molecule has 0 bridgehead atoms. The smallest absolute Gasteiger partial charge is 0.220 e. The first kappa shape index (κ1) is 13.5. The minimum absolute atomic E-state index is 0.145. The van der Waals surface area contributed by atoms with Crippen LogP contribution in [0.3, 0.4) is 0 Å². The van der Waals surface area contributed by atoms with Crippen molar-refractivity contribution >= 4 is 17.2 Å². The van der Waals surface area contributed by atoms with E-state index in [2.05, 4.69) is 15.6 Å². The van der Waals surface area contributed by atoms with Gasteiger partial charge in [0.15, 0.2) is 0 Å². The van der Waals surface area contributed by atoms with Crippen LogP contribution >= 0.6 is 11.3 Å². The Morgan fingerprint density at radius 3 is 3.28 bits per heavy atom. The number of piperidine rings is 1. The molecule has 1 amide bonds. The van der Waals surface area contributed by atoms with Gasteiger partial charge in [0.25, 0.3) is 0 Å². The average Bonchev–Trinajstić information content (AvgIpc) is 2.91. The second kappa shape index (κ2) is 7.48. The van der Waals surface area contributed by atoms with E-state index in [0.717, 1.165) is 44.1 Å². The molecule has 1 fully saturated rings. The number of thiazole rings is 1. The van der Waals surface area contributed by atoms with Gasteiger partial charge in [0.05, 0.1) is 11.2 Å². The molecule has 1 aromatic rings. The van der Waals surface area contributed by atoms with E-state index in [1.165, 1.54) is 12.8 Å². The Balaban J connectivity index is 1.54. The Hall–Kier alpha value is -0.940. The predicted molar refractivity (Wildman–Crippen MR) is 73.7 cm³/mol. The van der Waals surface area contributed by atoms with E-state index in [9.17, 15) is 4.79 Å². The van der Waals surface area contributed by atoms with Crippen molar-refractivity contribution in [2.75, 3.05) is 19.6 Å². The molecule has 100 valence electrons. The molecule has 1 saturated heterocycles. The van der Waals surface area contributed by atoms with Crippen LogP contribution < -0.4 is 10.6 Å². The fraction of sp³-hybridized carbons (Fsp3) is 0.692. The summed E-state index contributed by atoms with van der Waals surface area (Å²) in [4.78, 5) is 15.8. The van der Waals surface area contributed by atoms with Crippen LogP contribution in [0.5, 0.6) is 0 Å². The fourth-order valence-corrected chi connectivity index (χ4v) is 2.87. The van der Waals surface area contributed by atoms with Crippen molar-refractivity contribution in [1.29, 1.82) is 0 Å². The van der Waals surface area contributed by atoms with E-state index in [4.69, 9.17) is 0 Å². The highest BCUT2D eigenvalue weighted by molar-refractivity contribution is 7.07. The van der Waals surface area contributed by atoms with Crippen LogP contribution in [0.1, 0.15) is 31.4 Å². The summed E-state index contributed by atoms with van der Waals surface area (Å²) in [5.74, 6) is 0.879. The largest absolute Gasteiger partial charge is 0.356 e. The molecule has 1 aliphatic heterocycles. The molecule has 0 spiro atoms. The SMILES string of the molecule is O=C(CCc1cscn1)NCCC1CCCNC1. The first-order valence-corrected chi connectivity index (χ1v) is 7.63. The molecule has 0 radical (unpaired) electrons. The lowest BCUT2D eigenvalue weighted by atomic mass is 9.96. The molecule has 2 rings (SSSR count). The van der Waals surface area contributed by atoms with Gasteiger partial charge in [-0.05, 0) is 44.7 Å². The van der Waals surface area contributed by atoms with Gasteiger partial charge in [-0.1, -0.05) is 0 Å². The summed E-state index contributed by atoms with van der Waals surface area (Å²) in [5, 5.41) is 8.40. The molecule has 0 aliphatic carbocycles. The second-order valence-corrected chi connectivity index (χ2v) is 5.55. The van der Waals surface area contributed by atoms with Crippen molar-refractivity contribution in [3.63, 3.8) is 0 Å². The summed E-state index contributed by atoms with van der Waals surface area (Å²) in [6, 6.07) is 0. The number of rotatable bonds is 6.